The van der Waals surface area contributed by atoms with E-state index in [0.717, 1.165) is 10.7 Å². The summed E-state index contributed by atoms with van der Waals surface area (Å²) in [5.41, 5.74) is -1.31. The van der Waals surface area contributed by atoms with Crippen LogP contribution in [0.4, 0.5) is 23.4 Å². The zero-order chi connectivity index (χ0) is 20.5. The summed E-state index contributed by atoms with van der Waals surface area (Å²) in [5, 5.41) is 3.44. The van der Waals surface area contributed by atoms with Crippen molar-refractivity contribution in [1.29, 1.82) is 0 Å². The van der Waals surface area contributed by atoms with Crippen LogP contribution in [0.2, 0.25) is 0 Å². The molecule has 0 unspecified atom stereocenters. The largest absolute Gasteiger partial charge is 0.435 e. The fourth-order valence-electron chi connectivity index (χ4n) is 3.30. The number of piperidine rings is 1. The molecule has 1 saturated heterocycles. The smallest absolute Gasteiger partial charge is 0.354 e. The van der Waals surface area contributed by atoms with E-state index >= 15 is 0 Å². The van der Waals surface area contributed by atoms with E-state index in [9.17, 15) is 22.4 Å². The fourth-order valence-corrected chi connectivity index (χ4v) is 3.30. The van der Waals surface area contributed by atoms with Gasteiger partial charge < -0.3 is 4.90 Å². The van der Waals surface area contributed by atoms with E-state index in [-0.39, 0.29) is 24.2 Å². The van der Waals surface area contributed by atoms with Crippen LogP contribution in [0.25, 0.3) is 0 Å². The molecular weight excluding hydrogens is 378 g/mol. The normalized spacial score (nSPS) is 16.0. The van der Waals surface area contributed by atoms with Gasteiger partial charge in [0.1, 0.15) is 6.33 Å². The second-order valence-corrected chi connectivity index (χ2v) is 7.22. The Hall–Kier alpha value is -2.52. The number of hydrogen-bond acceptors (Lipinski definition) is 5. The molecule has 0 radical (unpaired) electrons. The number of rotatable bonds is 4. The van der Waals surface area contributed by atoms with E-state index < -0.39 is 23.2 Å². The van der Waals surface area contributed by atoms with Crippen LogP contribution in [0.15, 0.2) is 23.3 Å². The van der Waals surface area contributed by atoms with Gasteiger partial charge in [0, 0.05) is 25.7 Å². The van der Waals surface area contributed by atoms with Gasteiger partial charge in [0.2, 0.25) is 0 Å². The van der Waals surface area contributed by atoms with Crippen molar-refractivity contribution in [2.45, 2.75) is 45.3 Å². The van der Waals surface area contributed by atoms with Crippen LogP contribution >= 0.6 is 0 Å². The molecule has 6 nitrogen and oxygen atoms in total. The van der Waals surface area contributed by atoms with Crippen LogP contribution in [-0.4, -0.2) is 32.8 Å². The van der Waals surface area contributed by atoms with Gasteiger partial charge in [-0.3, -0.25) is 4.79 Å². The highest BCUT2D eigenvalue weighted by Gasteiger charge is 2.33. The molecule has 0 amide bonds. The van der Waals surface area contributed by atoms with Gasteiger partial charge in [-0.05, 0) is 30.7 Å². The Kier molecular flexibility index (Phi) is 5.66. The Balaban J connectivity index is 1.69. The highest BCUT2D eigenvalue weighted by Crippen LogP contribution is 2.28. The molecular formula is C18H21F4N5O. The van der Waals surface area contributed by atoms with Gasteiger partial charge in [-0.2, -0.15) is 18.3 Å². The maximum Gasteiger partial charge on any atom is 0.435 e. The number of halogens is 4. The first kappa shape index (κ1) is 20.2. The van der Waals surface area contributed by atoms with Crippen molar-refractivity contribution in [3.8, 4) is 0 Å². The third kappa shape index (κ3) is 4.31. The number of hydrogen-bond donors (Lipinski definition) is 0. The molecule has 0 saturated carbocycles. The summed E-state index contributed by atoms with van der Waals surface area (Å²) in [6.45, 7) is 4.77. The van der Waals surface area contributed by atoms with Crippen molar-refractivity contribution >= 4 is 5.82 Å². The molecule has 0 aromatic carbocycles. The van der Waals surface area contributed by atoms with Crippen molar-refractivity contribution in [1.82, 2.24) is 19.7 Å². The Labute approximate surface area is 159 Å². The van der Waals surface area contributed by atoms with Gasteiger partial charge in [0.05, 0.1) is 5.69 Å². The third-order valence-electron chi connectivity index (χ3n) is 4.85. The summed E-state index contributed by atoms with van der Waals surface area (Å²) in [4.78, 5) is 21.7. The summed E-state index contributed by atoms with van der Waals surface area (Å²) in [6.07, 6.45) is -2.08. The molecule has 3 heterocycles. The highest BCUT2D eigenvalue weighted by atomic mass is 19.4. The van der Waals surface area contributed by atoms with Crippen LogP contribution < -0.4 is 10.5 Å². The molecule has 28 heavy (non-hydrogen) atoms. The van der Waals surface area contributed by atoms with Gasteiger partial charge in [0.15, 0.2) is 17.3 Å². The molecule has 10 heteroatoms. The lowest BCUT2D eigenvalue weighted by atomic mass is 9.96. The number of alkyl halides is 3. The topological polar surface area (TPSA) is 63.9 Å². The second kappa shape index (κ2) is 7.84. The van der Waals surface area contributed by atoms with Crippen LogP contribution in [0.1, 0.15) is 44.0 Å². The molecule has 152 valence electrons. The zero-order valence-corrected chi connectivity index (χ0v) is 15.6. The van der Waals surface area contributed by atoms with Crippen LogP contribution in [0, 0.1) is 11.7 Å². The van der Waals surface area contributed by atoms with E-state index in [1.165, 1.54) is 6.33 Å². The summed E-state index contributed by atoms with van der Waals surface area (Å²) in [6, 6.07) is 1.57. The monoisotopic (exact) mass is 399 g/mol. The first-order chi connectivity index (χ1) is 13.2. The molecule has 0 atom stereocenters. The molecule has 0 aliphatic carbocycles. The average molecular weight is 399 g/mol. The summed E-state index contributed by atoms with van der Waals surface area (Å²) >= 11 is 0. The lowest BCUT2D eigenvalue weighted by Crippen LogP contribution is -2.38. The highest BCUT2D eigenvalue weighted by molar-refractivity contribution is 5.42. The predicted octanol–water partition coefficient (Wildman–Crippen LogP) is 3.23. The maximum absolute atomic E-state index is 14.6. The van der Waals surface area contributed by atoms with Crippen molar-refractivity contribution < 1.29 is 17.6 Å². The summed E-state index contributed by atoms with van der Waals surface area (Å²) in [7, 11) is 0. The van der Waals surface area contributed by atoms with Gasteiger partial charge in [0.25, 0.3) is 5.56 Å². The Morgan fingerprint density at radius 1 is 1.18 bits per heavy atom. The number of nitrogens with zero attached hydrogens (tertiary/aromatic N) is 5. The SMILES string of the molecule is CC(C)c1ncnc(N2CCC(Cn3nc(C(F)(F)F)ccc3=O)CC2)c1F. The fraction of sp³-hybridized carbons (Fsp3) is 0.556. The molecule has 2 aromatic heterocycles. The van der Waals surface area contributed by atoms with Gasteiger partial charge >= 0.3 is 6.18 Å². The third-order valence-corrected chi connectivity index (χ3v) is 4.85. The van der Waals surface area contributed by atoms with Crippen molar-refractivity contribution in [3.05, 3.63) is 46.0 Å². The number of anilines is 1. The van der Waals surface area contributed by atoms with E-state index in [2.05, 4.69) is 15.1 Å². The molecule has 2 aromatic rings. The first-order valence-electron chi connectivity index (χ1n) is 9.07. The molecule has 0 N–H and O–H groups in total. The summed E-state index contributed by atoms with van der Waals surface area (Å²) in [5.74, 6) is -0.296. The standard InChI is InChI=1S/C18H21F4N5O/c1-11(2)16-15(19)17(24-10-23-16)26-7-5-12(6-8-26)9-27-14(28)4-3-13(25-27)18(20,21)22/h3-4,10-12H,5-9H2,1-2H3. The van der Waals surface area contributed by atoms with Crippen molar-refractivity contribution in [2.75, 3.05) is 18.0 Å². The second-order valence-electron chi connectivity index (χ2n) is 7.22. The van der Waals surface area contributed by atoms with Crippen molar-refractivity contribution in [3.63, 3.8) is 0 Å². The molecule has 0 bridgehead atoms. The number of aromatic nitrogens is 4. The Bertz CT molecular complexity index is 888. The predicted molar refractivity (Wildman–Crippen MR) is 94.5 cm³/mol. The van der Waals surface area contributed by atoms with Crippen LogP contribution in [0.5, 0.6) is 0 Å². The molecule has 1 fully saturated rings. The maximum atomic E-state index is 14.6. The average Bonchev–Trinajstić information content (AvgIpc) is 2.63. The molecule has 3 rings (SSSR count). The van der Waals surface area contributed by atoms with E-state index in [1.807, 2.05) is 18.7 Å². The quantitative estimate of drug-likeness (QED) is 0.739. The molecule has 0 spiro atoms. The van der Waals surface area contributed by atoms with Crippen molar-refractivity contribution in [2.24, 2.45) is 5.92 Å². The Morgan fingerprint density at radius 3 is 2.46 bits per heavy atom. The van der Waals surface area contributed by atoms with Crippen LogP contribution in [0.3, 0.4) is 0 Å². The minimum absolute atomic E-state index is 0.0283. The van der Waals surface area contributed by atoms with E-state index in [4.69, 9.17) is 0 Å². The zero-order valence-electron chi connectivity index (χ0n) is 15.6. The molecule has 1 aliphatic heterocycles. The minimum atomic E-state index is -4.60. The minimum Gasteiger partial charge on any atom is -0.354 e. The van der Waals surface area contributed by atoms with Crippen LogP contribution in [-0.2, 0) is 12.7 Å². The van der Waals surface area contributed by atoms with Gasteiger partial charge in [-0.25, -0.2) is 19.0 Å². The lowest BCUT2D eigenvalue weighted by Gasteiger charge is -2.33. The van der Waals surface area contributed by atoms with E-state index in [0.29, 0.717) is 37.7 Å². The van der Waals surface area contributed by atoms with Gasteiger partial charge in [-0.1, -0.05) is 13.8 Å². The first-order valence-corrected chi connectivity index (χ1v) is 9.07. The Morgan fingerprint density at radius 2 is 1.86 bits per heavy atom. The summed E-state index contributed by atoms with van der Waals surface area (Å²) < 4.78 is 53.9. The molecule has 1 aliphatic rings. The lowest BCUT2D eigenvalue weighted by molar-refractivity contribution is -0.142. The van der Waals surface area contributed by atoms with Gasteiger partial charge in [-0.15, -0.1) is 0 Å². The van der Waals surface area contributed by atoms with E-state index in [1.54, 1.807) is 0 Å².